The van der Waals surface area contributed by atoms with Gasteiger partial charge in [0.1, 0.15) is 23.0 Å². The van der Waals surface area contributed by atoms with Crippen molar-refractivity contribution >= 4 is 45.9 Å². The summed E-state index contributed by atoms with van der Waals surface area (Å²) in [6.45, 7) is 0. The quantitative estimate of drug-likeness (QED) is 0.497. The van der Waals surface area contributed by atoms with Crippen LogP contribution in [0.1, 0.15) is 0 Å². The van der Waals surface area contributed by atoms with Gasteiger partial charge in [0.05, 0.1) is 16.1 Å². The van der Waals surface area contributed by atoms with Crippen molar-refractivity contribution in [3.05, 3.63) is 65.7 Å². The highest BCUT2D eigenvalue weighted by molar-refractivity contribution is 7.98. The van der Waals surface area contributed by atoms with Crippen molar-refractivity contribution in [3.63, 3.8) is 0 Å². The van der Waals surface area contributed by atoms with Gasteiger partial charge < -0.3 is 5.32 Å². The van der Waals surface area contributed by atoms with E-state index in [0.717, 1.165) is 16.1 Å². The van der Waals surface area contributed by atoms with Crippen LogP contribution >= 0.6 is 23.4 Å². The molecule has 8 heteroatoms. The Labute approximate surface area is 158 Å². The third-order valence-electron chi connectivity index (χ3n) is 3.81. The average Bonchev–Trinajstić information content (AvgIpc) is 3.05. The van der Waals surface area contributed by atoms with Crippen molar-refractivity contribution < 1.29 is 4.39 Å². The first kappa shape index (κ1) is 16.8. The second-order valence-electron chi connectivity index (χ2n) is 5.43. The summed E-state index contributed by atoms with van der Waals surface area (Å²) in [5.41, 5.74) is 2.23. The first-order chi connectivity index (χ1) is 12.7. The second-order valence-corrected chi connectivity index (χ2v) is 6.63. The number of para-hydroxylation sites is 1. The molecule has 0 amide bonds. The van der Waals surface area contributed by atoms with E-state index in [9.17, 15) is 4.39 Å². The van der Waals surface area contributed by atoms with Gasteiger partial charge in [-0.05, 0) is 36.6 Å². The van der Waals surface area contributed by atoms with Crippen LogP contribution in [0.15, 0.2) is 59.9 Å². The van der Waals surface area contributed by atoms with Crippen molar-refractivity contribution in [3.8, 4) is 5.69 Å². The molecule has 0 atom stereocenters. The van der Waals surface area contributed by atoms with Crippen molar-refractivity contribution in [2.45, 2.75) is 5.03 Å². The zero-order valence-electron chi connectivity index (χ0n) is 13.6. The lowest BCUT2D eigenvalue weighted by Crippen LogP contribution is -1.99. The monoisotopic (exact) mass is 385 g/mol. The number of anilines is 2. The summed E-state index contributed by atoms with van der Waals surface area (Å²) in [7, 11) is 0. The molecule has 0 fully saturated rings. The van der Waals surface area contributed by atoms with E-state index in [2.05, 4.69) is 20.4 Å². The van der Waals surface area contributed by atoms with Gasteiger partial charge in [0, 0.05) is 5.69 Å². The maximum absolute atomic E-state index is 13.4. The maximum Gasteiger partial charge on any atom is 0.169 e. The molecule has 130 valence electrons. The van der Waals surface area contributed by atoms with E-state index < -0.39 is 5.82 Å². The number of benzene rings is 2. The van der Waals surface area contributed by atoms with Gasteiger partial charge in [0.2, 0.25) is 0 Å². The van der Waals surface area contributed by atoms with Crippen LogP contribution in [0.2, 0.25) is 5.02 Å². The van der Waals surface area contributed by atoms with E-state index in [4.69, 9.17) is 11.6 Å². The Morgan fingerprint density at radius 1 is 1.12 bits per heavy atom. The molecule has 4 rings (SSSR count). The summed E-state index contributed by atoms with van der Waals surface area (Å²) < 4.78 is 15.2. The molecule has 2 aromatic heterocycles. The first-order valence-corrected chi connectivity index (χ1v) is 9.33. The van der Waals surface area contributed by atoms with Gasteiger partial charge in [-0.3, -0.25) is 0 Å². The lowest BCUT2D eigenvalue weighted by molar-refractivity contribution is 0.628. The molecule has 0 radical (unpaired) electrons. The van der Waals surface area contributed by atoms with Crippen molar-refractivity contribution in [1.29, 1.82) is 0 Å². The fraction of sp³-hybridized carbons (Fsp3) is 0.0556. The zero-order chi connectivity index (χ0) is 18.1. The Balaban J connectivity index is 1.86. The van der Waals surface area contributed by atoms with Crippen LogP contribution in [-0.2, 0) is 0 Å². The molecule has 0 saturated heterocycles. The lowest BCUT2D eigenvalue weighted by atomic mass is 10.3. The molecule has 2 aromatic carbocycles. The van der Waals surface area contributed by atoms with Gasteiger partial charge in [-0.25, -0.2) is 19.0 Å². The standard InChI is InChI=1S/C18H13ClFN5S/c1-26-18-15-16(23-11-7-8-14(20)13(19)9-11)21-10-22-17(15)25(24-18)12-5-3-2-4-6-12/h2-10H,1H3,(H,21,22,23). The molecule has 0 aliphatic rings. The highest BCUT2D eigenvalue weighted by atomic mass is 35.5. The van der Waals surface area contributed by atoms with Crippen LogP contribution in [0.5, 0.6) is 0 Å². The minimum Gasteiger partial charge on any atom is -0.339 e. The van der Waals surface area contributed by atoms with Crippen molar-refractivity contribution in [2.75, 3.05) is 11.6 Å². The van der Waals surface area contributed by atoms with Gasteiger partial charge >= 0.3 is 0 Å². The van der Waals surface area contributed by atoms with Crippen LogP contribution in [0.25, 0.3) is 16.7 Å². The summed E-state index contributed by atoms with van der Waals surface area (Å²) in [6, 6.07) is 14.2. The molecule has 2 heterocycles. The summed E-state index contributed by atoms with van der Waals surface area (Å²) in [4.78, 5) is 8.75. The Bertz CT molecular complexity index is 1080. The van der Waals surface area contributed by atoms with Gasteiger partial charge in [-0.1, -0.05) is 29.8 Å². The SMILES string of the molecule is CSc1nn(-c2ccccc2)c2ncnc(Nc3ccc(F)c(Cl)c3)c12. The predicted octanol–water partition coefficient (Wildman–Crippen LogP) is 5.07. The highest BCUT2D eigenvalue weighted by Gasteiger charge is 2.17. The molecule has 0 spiro atoms. The minimum absolute atomic E-state index is 0.0466. The normalized spacial score (nSPS) is 11.0. The number of halogens is 2. The number of hydrogen-bond acceptors (Lipinski definition) is 5. The molecule has 4 aromatic rings. The first-order valence-electron chi connectivity index (χ1n) is 7.72. The zero-order valence-corrected chi connectivity index (χ0v) is 15.2. The average molecular weight is 386 g/mol. The fourth-order valence-corrected chi connectivity index (χ4v) is 3.36. The highest BCUT2D eigenvalue weighted by Crippen LogP contribution is 2.33. The van der Waals surface area contributed by atoms with Gasteiger partial charge in [0.15, 0.2) is 5.65 Å². The molecule has 5 nitrogen and oxygen atoms in total. The maximum atomic E-state index is 13.4. The Hall–Kier alpha value is -2.64. The number of nitrogens with zero attached hydrogens (tertiary/aromatic N) is 4. The van der Waals surface area contributed by atoms with Gasteiger partial charge in [-0.2, -0.15) is 5.10 Å². The molecular weight excluding hydrogens is 373 g/mol. The van der Waals surface area contributed by atoms with E-state index in [1.54, 1.807) is 10.7 Å². The summed E-state index contributed by atoms with van der Waals surface area (Å²) in [5, 5.41) is 9.48. The summed E-state index contributed by atoms with van der Waals surface area (Å²) in [5.74, 6) is 0.121. The fourth-order valence-electron chi connectivity index (χ4n) is 2.62. The van der Waals surface area contributed by atoms with Crippen molar-refractivity contribution in [1.82, 2.24) is 19.7 Å². The number of fused-ring (bicyclic) bond motifs is 1. The number of rotatable bonds is 4. The number of nitrogens with one attached hydrogen (secondary N) is 1. The third kappa shape index (κ3) is 3.00. The van der Waals surface area contributed by atoms with Crippen LogP contribution in [0.4, 0.5) is 15.9 Å². The molecule has 26 heavy (non-hydrogen) atoms. The molecular formula is C18H13ClFN5S. The van der Waals surface area contributed by atoms with E-state index in [1.165, 1.54) is 30.2 Å². The molecule has 0 unspecified atom stereocenters. The van der Waals surface area contributed by atoms with Crippen LogP contribution in [0, 0.1) is 5.82 Å². The molecule has 0 aliphatic carbocycles. The number of thioether (sulfide) groups is 1. The van der Waals surface area contributed by atoms with Crippen LogP contribution in [-0.4, -0.2) is 26.0 Å². The van der Waals surface area contributed by atoms with E-state index >= 15 is 0 Å². The smallest absolute Gasteiger partial charge is 0.169 e. The molecule has 1 N–H and O–H groups in total. The number of aromatic nitrogens is 4. The van der Waals surface area contributed by atoms with E-state index in [-0.39, 0.29) is 5.02 Å². The summed E-state index contributed by atoms with van der Waals surface area (Å²) in [6.07, 6.45) is 3.42. The van der Waals surface area contributed by atoms with Crippen LogP contribution in [0.3, 0.4) is 0 Å². The summed E-state index contributed by atoms with van der Waals surface area (Å²) >= 11 is 7.38. The van der Waals surface area contributed by atoms with Gasteiger partial charge in [0.25, 0.3) is 0 Å². The molecule has 0 saturated carbocycles. The van der Waals surface area contributed by atoms with E-state index in [1.807, 2.05) is 36.6 Å². The van der Waals surface area contributed by atoms with Crippen molar-refractivity contribution in [2.24, 2.45) is 0 Å². The molecule has 0 bridgehead atoms. The predicted molar refractivity (Wildman–Crippen MR) is 103 cm³/mol. The van der Waals surface area contributed by atoms with E-state index in [0.29, 0.717) is 17.2 Å². The number of hydrogen-bond donors (Lipinski definition) is 1. The second kappa shape index (κ2) is 6.93. The van der Waals surface area contributed by atoms with Crippen LogP contribution < -0.4 is 5.32 Å². The largest absolute Gasteiger partial charge is 0.339 e. The third-order valence-corrected chi connectivity index (χ3v) is 4.77. The topological polar surface area (TPSA) is 55.6 Å². The molecule has 0 aliphatic heterocycles. The Kier molecular flexibility index (Phi) is 4.48. The Morgan fingerprint density at radius 2 is 1.92 bits per heavy atom. The van der Waals surface area contributed by atoms with Gasteiger partial charge in [-0.15, -0.1) is 11.8 Å². The minimum atomic E-state index is -0.466. The lowest BCUT2D eigenvalue weighted by Gasteiger charge is -2.08. The Morgan fingerprint density at radius 3 is 2.65 bits per heavy atom.